The molecule has 0 spiro atoms. The number of hydrogen-bond donors (Lipinski definition) is 1. The van der Waals surface area contributed by atoms with Crippen molar-refractivity contribution in [3.8, 4) is 11.5 Å². The van der Waals surface area contributed by atoms with Gasteiger partial charge in [-0.25, -0.2) is 9.78 Å². The number of aromatic nitrogens is 1. The molecule has 22 heavy (non-hydrogen) atoms. The third-order valence-electron chi connectivity index (χ3n) is 3.34. The molecule has 0 aliphatic carbocycles. The number of esters is 1. The van der Waals surface area contributed by atoms with Gasteiger partial charge in [0.05, 0.1) is 12.2 Å². The quantitative estimate of drug-likeness (QED) is 0.748. The van der Waals surface area contributed by atoms with E-state index in [0.29, 0.717) is 35.7 Å². The van der Waals surface area contributed by atoms with E-state index < -0.39 is 0 Å². The van der Waals surface area contributed by atoms with Crippen LogP contribution >= 0.6 is 0 Å². The molecule has 0 bridgehead atoms. The van der Waals surface area contributed by atoms with Gasteiger partial charge in [0.15, 0.2) is 5.58 Å². The Hall–Kier alpha value is -2.66. The van der Waals surface area contributed by atoms with Gasteiger partial charge in [0.1, 0.15) is 5.52 Å². The molecule has 0 unspecified atom stereocenters. The number of oxazole rings is 1. The van der Waals surface area contributed by atoms with Gasteiger partial charge < -0.3 is 14.9 Å². The van der Waals surface area contributed by atoms with Crippen molar-refractivity contribution in [3.63, 3.8) is 0 Å². The maximum Gasteiger partial charge on any atom is 0.338 e. The van der Waals surface area contributed by atoms with Crippen LogP contribution in [0.25, 0.3) is 22.6 Å². The standard InChI is InChI=1S/C17H16N2O3/c1-2-21-17(20)13-7-8-15-14(9-13)19-16(22-15)12-5-3-11(10-18)4-6-12/h3-9H,2,10,18H2,1H3. The van der Waals surface area contributed by atoms with Crippen LogP contribution in [0.15, 0.2) is 46.9 Å². The Morgan fingerprint density at radius 1 is 1.23 bits per heavy atom. The second kappa shape index (κ2) is 5.99. The van der Waals surface area contributed by atoms with Crippen molar-refractivity contribution in [2.75, 3.05) is 6.61 Å². The third kappa shape index (κ3) is 2.71. The van der Waals surface area contributed by atoms with E-state index in [1.54, 1.807) is 25.1 Å². The first-order chi connectivity index (χ1) is 10.7. The lowest BCUT2D eigenvalue weighted by Crippen LogP contribution is -2.03. The SMILES string of the molecule is CCOC(=O)c1ccc2oc(-c3ccc(CN)cc3)nc2c1. The second-order valence-corrected chi connectivity index (χ2v) is 4.82. The van der Waals surface area contributed by atoms with Gasteiger partial charge >= 0.3 is 5.97 Å². The normalized spacial score (nSPS) is 10.8. The zero-order valence-electron chi connectivity index (χ0n) is 12.2. The summed E-state index contributed by atoms with van der Waals surface area (Å²) < 4.78 is 10.7. The summed E-state index contributed by atoms with van der Waals surface area (Å²) in [5.74, 6) is 0.154. The Morgan fingerprint density at radius 3 is 2.68 bits per heavy atom. The minimum atomic E-state index is -0.360. The predicted molar refractivity (Wildman–Crippen MR) is 83.3 cm³/mol. The van der Waals surface area contributed by atoms with E-state index >= 15 is 0 Å². The van der Waals surface area contributed by atoms with Crippen LogP contribution in [-0.2, 0) is 11.3 Å². The van der Waals surface area contributed by atoms with Gasteiger partial charge in [-0.3, -0.25) is 0 Å². The second-order valence-electron chi connectivity index (χ2n) is 4.82. The van der Waals surface area contributed by atoms with Crippen LogP contribution in [0.5, 0.6) is 0 Å². The summed E-state index contributed by atoms with van der Waals surface area (Å²) in [7, 11) is 0. The van der Waals surface area contributed by atoms with Gasteiger partial charge in [0.25, 0.3) is 0 Å². The van der Waals surface area contributed by atoms with Gasteiger partial charge in [0, 0.05) is 12.1 Å². The van der Waals surface area contributed by atoms with E-state index in [2.05, 4.69) is 4.98 Å². The number of nitrogens with zero attached hydrogens (tertiary/aromatic N) is 1. The molecule has 0 saturated carbocycles. The fraction of sp³-hybridized carbons (Fsp3) is 0.176. The van der Waals surface area contributed by atoms with Crippen molar-refractivity contribution in [2.45, 2.75) is 13.5 Å². The molecule has 1 aromatic heterocycles. The van der Waals surface area contributed by atoms with Crippen LogP contribution in [0.4, 0.5) is 0 Å². The van der Waals surface area contributed by atoms with Crippen molar-refractivity contribution in [1.82, 2.24) is 4.98 Å². The molecule has 0 saturated heterocycles. The molecule has 2 N–H and O–H groups in total. The number of nitrogens with two attached hydrogens (primary N) is 1. The Bertz CT molecular complexity index is 806. The Kier molecular flexibility index (Phi) is 3.89. The van der Waals surface area contributed by atoms with Gasteiger partial charge in [-0.2, -0.15) is 0 Å². The maximum absolute atomic E-state index is 11.7. The summed E-state index contributed by atoms with van der Waals surface area (Å²) in [5.41, 5.74) is 9.22. The average Bonchev–Trinajstić information content (AvgIpc) is 2.98. The molecule has 0 aliphatic heterocycles. The van der Waals surface area contributed by atoms with Crippen LogP contribution in [0.2, 0.25) is 0 Å². The number of rotatable bonds is 4. The highest BCUT2D eigenvalue weighted by atomic mass is 16.5. The van der Waals surface area contributed by atoms with E-state index in [9.17, 15) is 4.79 Å². The molecular weight excluding hydrogens is 280 g/mol. The highest BCUT2D eigenvalue weighted by Crippen LogP contribution is 2.25. The van der Waals surface area contributed by atoms with Gasteiger partial charge in [-0.05, 0) is 42.8 Å². The van der Waals surface area contributed by atoms with E-state index in [1.807, 2.05) is 24.3 Å². The van der Waals surface area contributed by atoms with Crippen LogP contribution < -0.4 is 5.73 Å². The topological polar surface area (TPSA) is 78.3 Å². The van der Waals surface area contributed by atoms with E-state index in [-0.39, 0.29) is 5.97 Å². The molecule has 0 radical (unpaired) electrons. The summed E-state index contributed by atoms with van der Waals surface area (Å²) in [6.45, 7) is 2.61. The average molecular weight is 296 g/mol. The summed E-state index contributed by atoms with van der Waals surface area (Å²) in [6.07, 6.45) is 0. The van der Waals surface area contributed by atoms with Crippen molar-refractivity contribution >= 4 is 17.1 Å². The Labute approximate surface area is 127 Å². The fourth-order valence-corrected chi connectivity index (χ4v) is 2.18. The molecular formula is C17H16N2O3. The first-order valence-corrected chi connectivity index (χ1v) is 7.08. The Balaban J connectivity index is 1.96. The molecule has 5 nitrogen and oxygen atoms in total. The molecule has 2 aromatic carbocycles. The van der Waals surface area contributed by atoms with Crippen LogP contribution in [0.1, 0.15) is 22.8 Å². The number of carbonyl (C=O) groups excluding carboxylic acids is 1. The number of fused-ring (bicyclic) bond motifs is 1. The smallest absolute Gasteiger partial charge is 0.338 e. The maximum atomic E-state index is 11.7. The van der Waals surface area contributed by atoms with Crippen LogP contribution in [-0.4, -0.2) is 17.6 Å². The minimum absolute atomic E-state index is 0.342. The van der Waals surface area contributed by atoms with Crippen molar-refractivity contribution < 1.29 is 13.9 Å². The summed E-state index contributed by atoms with van der Waals surface area (Å²) in [4.78, 5) is 16.2. The molecule has 112 valence electrons. The number of benzene rings is 2. The fourth-order valence-electron chi connectivity index (χ4n) is 2.18. The van der Waals surface area contributed by atoms with Crippen molar-refractivity contribution in [3.05, 3.63) is 53.6 Å². The van der Waals surface area contributed by atoms with Crippen LogP contribution in [0.3, 0.4) is 0 Å². The summed E-state index contributed by atoms with van der Waals surface area (Å²) >= 11 is 0. The van der Waals surface area contributed by atoms with E-state index in [0.717, 1.165) is 11.1 Å². The highest BCUT2D eigenvalue weighted by Gasteiger charge is 2.12. The molecule has 0 fully saturated rings. The van der Waals surface area contributed by atoms with E-state index in [1.165, 1.54) is 0 Å². The lowest BCUT2D eigenvalue weighted by Gasteiger charge is -2.00. The number of ether oxygens (including phenoxy) is 1. The minimum Gasteiger partial charge on any atom is -0.462 e. The molecule has 0 amide bonds. The number of carbonyl (C=O) groups is 1. The molecule has 0 aliphatic rings. The Morgan fingerprint density at radius 2 is 2.00 bits per heavy atom. The third-order valence-corrected chi connectivity index (χ3v) is 3.34. The zero-order valence-corrected chi connectivity index (χ0v) is 12.2. The van der Waals surface area contributed by atoms with Crippen molar-refractivity contribution in [1.29, 1.82) is 0 Å². The molecule has 3 rings (SSSR count). The number of hydrogen-bond acceptors (Lipinski definition) is 5. The first-order valence-electron chi connectivity index (χ1n) is 7.08. The lowest BCUT2D eigenvalue weighted by molar-refractivity contribution is 0.0526. The predicted octanol–water partition coefficient (Wildman–Crippen LogP) is 3.13. The summed E-state index contributed by atoms with van der Waals surface area (Å²) in [5, 5.41) is 0. The largest absolute Gasteiger partial charge is 0.462 e. The van der Waals surface area contributed by atoms with E-state index in [4.69, 9.17) is 14.9 Å². The zero-order chi connectivity index (χ0) is 15.5. The van der Waals surface area contributed by atoms with Crippen LogP contribution in [0, 0.1) is 0 Å². The van der Waals surface area contributed by atoms with Gasteiger partial charge in [-0.15, -0.1) is 0 Å². The summed E-state index contributed by atoms with van der Waals surface area (Å²) in [6, 6.07) is 12.8. The molecule has 1 heterocycles. The monoisotopic (exact) mass is 296 g/mol. The molecule has 5 heteroatoms. The molecule has 0 atom stereocenters. The first kappa shape index (κ1) is 14.3. The molecule has 3 aromatic rings. The van der Waals surface area contributed by atoms with Gasteiger partial charge in [0.2, 0.25) is 5.89 Å². The van der Waals surface area contributed by atoms with Gasteiger partial charge in [-0.1, -0.05) is 12.1 Å². The lowest BCUT2D eigenvalue weighted by atomic mass is 10.1. The van der Waals surface area contributed by atoms with Crippen molar-refractivity contribution in [2.24, 2.45) is 5.73 Å². The highest BCUT2D eigenvalue weighted by molar-refractivity contribution is 5.93.